The van der Waals surface area contributed by atoms with Crippen LogP contribution in [0.15, 0.2) is 23.5 Å². The van der Waals surface area contributed by atoms with Gasteiger partial charge in [0.2, 0.25) is 0 Å². The van der Waals surface area contributed by atoms with Gasteiger partial charge in [0.05, 0.1) is 0 Å². The lowest BCUT2D eigenvalue weighted by molar-refractivity contribution is 0.232. The molecule has 2 rings (SSSR count). The van der Waals surface area contributed by atoms with Crippen molar-refractivity contribution < 1.29 is 0 Å². The minimum absolute atomic E-state index is 0.501. The highest BCUT2D eigenvalue weighted by molar-refractivity contribution is 5.79. The summed E-state index contributed by atoms with van der Waals surface area (Å²) in [5, 5.41) is 11.0. The SMILES string of the molecule is CN=C(NCCN1CCCCC1)NCC(C)Cn1cccn1. The summed E-state index contributed by atoms with van der Waals surface area (Å²) >= 11 is 0. The normalized spacial score (nSPS) is 18.2. The van der Waals surface area contributed by atoms with Crippen molar-refractivity contribution >= 4 is 5.96 Å². The smallest absolute Gasteiger partial charge is 0.191 e. The average Bonchev–Trinajstić information content (AvgIpc) is 3.04. The predicted octanol–water partition coefficient (Wildman–Crippen LogP) is 1.17. The van der Waals surface area contributed by atoms with E-state index in [0.29, 0.717) is 5.92 Å². The molecule has 1 unspecified atom stereocenters. The molecule has 6 nitrogen and oxygen atoms in total. The van der Waals surface area contributed by atoms with Gasteiger partial charge in [0, 0.05) is 45.6 Å². The Hall–Kier alpha value is -1.56. The van der Waals surface area contributed by atoms with E-state index in [1.165, 1.54) is 32.4 Å². The van der Waals surface area contributed by atoms with Crippen molar-refractivity contribution in [2.75, 3.05) is 39.8 Å². The minimum atomic E-state index is 0.501. The highest BCUT2D eigenvalue weighted by Crippen LogP contribution is 2.07. The zero-order valence-electron chi connectivity index (χ0n) is 14.0. The third-order valence-corrected chi connectivity index (χ3v) is 4.07. The molecule has 0 saturated carbocycles. The average molecular weight is 306 g/mol. The summed E-state index contributed by atoms with van der Waals surface area (Å²) in [7, 11) is 1.83. The van der Waals surface area contributed by atoms with Gasteiger partial charge in [-0.2, -0.15) is 5.10 Å². The lowest BCUT2D eigenvalue weighted by Gasteiger charge is -2.26. The highest BCUT2D eigenvalue weighted by atomic mass is 15.3. The molecule has 0 spiro atoms. The lowest BCUT2D eigenvalue weighted by Crippen LogP contribution is -2.44. The second kappa shape index (κ2) is 9.46. The molecule has 1 aliphatic heterocycles. The molecule has 0 radical (unpaired) electrons. The molecule has 2 N–H and O–H groups in total. The van der Waals surface area contributed by atoms with E-state index in [1.54, 1.807) is 0 Å². The van der Waals surface area contributed by atoms with E-state index in [1.807, 2.05) is 30.2 Å². The van der Waals surface area contributed by atoms with Crippen molar-refractivity contribution in [1.29, 1.82) is 0 Å². The van der Waals surface area contributed by atoms with Crippen molar-refractivity contribution in [3.8, 4) is 0 Å². The first-order valence-corrected chi connectivity index (χ1v) is 8.42. The van der Waals surface area contributed by atoms with Crippen LogP contribution in [0.5, 0.6) is 0 Å². The molecular weight excluding hydrogens is 276 g/mol. The molecule has 0 aromatic carbocycles. The summed E-state index contributed by atoms with van der Waals surface area (Å²) in [4.78, 5) is 6.83. The molecule has 6 heteroatoms. The van der Waals surface area contributed by atoms with E-state index < -0.39 is 0 Å². The van der Waals surface area contributed by atoms with Gasteiger partial charge < -0.3 is 15.5 Å². The number of guanidine groups is 1. The maximum absolute atomic E-state index is 4.29. The van der Waals surface area contributed by atoms with Gasteiger partial charge in [-0.1, -0.05) is 13.3 Å². The Labute approximate surface area is 134 Å². The number of aliphatic imine (C=N–C) groups is 1. The summed E-state index contributed by atoms with van der Waals surface area (Å²) in [6, 6.07) is 1.96. The topological polar surface area (TPSA) is 57.5 Å². The van der Waals surface area contributed by atoms with E-state index >= 15 is 0 Å². The van der Waals surface area contributed by atoms with Crippen LogP contribution in [0.25, 0.3) is 0 Å². The number of likely N-dealkylation sites (tertiary alicyclic amines) is 1. The molecular formula is C16H30N6. The van der Waals surface area contributed by atoms with Gasteiger partial charge in [0.25, 0.3) is 0 Å². The summed E-state index contributed by atoms with van der Waals surface area (Å²) in [6.07, 6.45) is 7.90. The Morgan fingerprint density at radius 2 is 2.09 bits per heavy atom. The largest absolute Gasteiger partial charge is 0.356 e. The fourth-order valence-corrected chi connectivity index (χ4v) is 2.80. The number of piperidine rings is 1. The Morgan fingerprint density at radius 1 is 1.27 bits per heavy atom. The van der Waals surface area contributed by atoms with Crippen LogP contribution in [-0.2, 0) is 6.54 Å². The Morgan fingerprint density at radius 3 is 2.77 bits per heavy atom. The van der Waals surface area contributed by atoms with Crippen LogP contribution in [0.3, 0.4) is 0 Å². The van der Waals surface area contributed by atoms with E-state index in [9.17, 15) is 0 Å². The molecule has 0 bridgehead atoms. The maximum Gasteiger partial charge on any atom is 0.191 e. The number of nitrogens with zero attached hydrogens (tertiary/aromatic N) is 4. The Balaban J connectivity index is 1.60. The lowest BCUT2D eigenvalue weighted by atomic mass is 10.1. The molecule has 1 saturated heterocycles. The number of aromatic nitrogens is 2. The monoisotopic (exact) mass is 306 g/mol. The number of rotatable bonds is 7. The fourth-order valence-electron chi connectivity index (χ4n) is 2.80. The van der Waals surface area contributed by atoms with Crippen molar-refractivity contribution in [3.63, 3.8) is 0 Å². The van der Waals surface area contributed by atoms with Crippen LogP contribution in [0, 0.1) is 5.92 Å². The molecule has 0 amide bonds. The number of hydrogen-bond donors (Lipinski definition) is 2. The molecule has 0 aliphatic carbocycles. The van der Waals surface area contributed by atoms with Crippen LogP contribution in [-0.4, -0.2) is 60.4 Å². The van der Waals surface area contributed by atoms with E-state index in [-0.39, 0.29) is 0 Å². The second-order valence-corrected chi connectivity index (χ2v) is 6.12. The van der Waals surface area contributed by atoms with Gasteiger partial charge >= 0.3 is 0 Å². The summed E-state index contributed by atoms with van der Waals surface area (Å²) < 4.78 is 1.97. The van der Waals surface area contributed by atoms with Gasteiger partial charge in [-0.25, -0.2) is 0 Å². The number of hydrogen-bond acceptors (Lipinski definition) is 3. The summed E-state index contributed by atoms with van der Waals surface area (Å²) in [6.45, 7) is 8.57. The summed E-state index contributed by atoms with van der Waals surface area (Å²) in [5.74, 6) is 1.39. The van der Waals surface area contributed by atoms with Crippen LogP contribution in [0.1, 0.15) is 26.2 Å². The first-order valence-electron chi connectivity index (χ1n) is 8.42. The number of nitrogens with one attached hydrogen (secondary N) is 2. The molecule has 2 heterocycles. The zero-order chi connectivity index (χ0) is 15.6. The predicted molar refractivity (Wildman–Crippen MR) is 91.0 cm³/mol. The molecule has 1 aromatic rings. The summed E-state index contributed by atoms with van der Waals surface area (Å²) in [5.41, 5.74) is 0. The Bertz CT molecular complexity index is 422. The first-order chi connectivity index (χ1) is 10.8. The van der Waals surface area contributed by atoms with Crippen LogP contribution < -0.4 is 10.6 Å². The van der Waals surface area contributed by atoms with Gasteiger partial charge in [-0.15, -0.1) is 0 Å². The highest BCUT2D eigenvalue weighted by Gasteiger charge is 2.10. The maximum atomic E-state index is 4.29. The van der Waals surface area contributed by atoms with Crippen LogP contribution in [0.2, 0.25) is 0 Å². The Kier molecular flexibility index (Phi) is 7.22. The third kappa shape index (κ3) is 6.05. The first kappa shape index (κ1) is 16.8. The molecule has 1 atom stereocenters. The van der Waals surface area contributed by atoms with Crippen molar-refractivity contribution in [1.82, 2.24) is 25.3 Å². The molecule has 1 fully saturated rings. The molecule has 22 heavy (non-hydrogen) atoms. The fraction of sp³-hybridized carbons (Fsp3) is 0.750. The van der Waals surface area contributed by atoms with E-state index in [2.05, 4.69) is 32.5 Å². The van der Waals surface area contributed by atoms with Crippen molar-refractivity contribution in [2.45, 2.75) is 32.7 Å². The second-order valence-electron chi connectivity index (χ2n) is 6.12. The van der Waals surface area contributed by atoms with Crippen molar-refractivity contribution in [2.24, 2.45) is 10.9 Å². The van der Waals surface area contributed by atoms with Gasteiger partial charge in [-0.3, -0.25) is 9.67 Å². The minimum Gasteiger partial charge on any atom is -0.356 e. The van der Waals surface area contributed by atoms with Gasteiger partial charge in [-0.05, 0) is 37.9 Å². The van der Waals surface area contributed by atoms with Gasteiger partial charge in [0.1, 0.15) is 0 Å². The standard InChI is InChI=1S/C16H30N6/c1-15(14-22-11-6-7-20-22)13-19-16(17-2)18-8-12-21-9-4-3-5-10-21/h6-7,11,15H,3-5,8-10,12-14H2,1-2H3,(H2,17,18,19). The van der Waals surface area contributed by atoms with Crippen LogP contribution in [0.4, 0.5) is 0 Å². The molecule has 1 aliphatic rings. The van der Waals surface area contributed by atoms with Gasteiger partial charge in [0.15, 0.2) is 5.96 Å². The van der Waals surface area contributed by atoms with Crippen molar-refractivity contribution in [3.05, 3.63) is 18.5 Å². The molecule has 1 aromatic heterocycles. The van der Waals surface area contributed by atoms with E-state index in [4.69, 9.17) is 0 Å². The van der Waals surface area contributed by atoms with E-state index in [0.717, 1.165) is 32.1 Å². The van der Waals surface area contributed by atoms with Crippen LogP contribution >= 0.6 is 0 Å². The third-order valence-electron chi connectivity index (χ3n) is 4.07. The zero-order valence-corrected chi connectivity index (χ0v) is 14.0. The quantitative estimate of drug-likeness (QED) is 0.586. The molecule has 124 valence electrons.